The fourth-order valence-electron chi connectivity index (χ4n) is 3.61. The van der Waals surface area contributed by atoms with Crippen molar-refractivity contribution in [1.82, 2.24) is 9.55 Å². The van der Waals surface area contributed by atoms with E-state index in [2.05, 4.69) is 10.3 Å². The van der Waals surface area contributed by atoms with E-state index in [9.17, 15) is 14.9 Å². The minimum atomic E-state index is -0.492. The molecule has 1 heterocycles. The van der Waals surface area contributed by atoms with Gasteiger partial charge in [-0.15, -0.1) is 0 Å². The first-order valence-corrected chi connectivity index (χ1v) is 10.2. The number of aryl methyl sites for hydroxylation is 1. The third-order valence-corrected chi connectivity index (χ3v) is 5.36. The third-order valence-electron chi connectivity index (χ3n) is 5.36. The molecule has 166 valence electrons. The van der Waals surface area contributed by atoms with Crippen LogP contribution in [-0.2, 0) is 7.05 Å². The predicted octanol–water partition coefficient (Wildman–Crippen LogP) is 4.77. The largest absolute Gasteiger partial charge is 0.497 e. The highest BCUT2D eigenvalue weighted by atomic mass is 16.6. The number of hydrogen-bond acceptors (Lipinski definition) is 6. The van der Waals surface area contributed by atoms with E-state index in [1.54, 1.807) is 49.7 Å². The Bertz CT molecular complexity index is 1280. The van der Waals surface area contributed by atoms with Crippen molar-refractivity contribution in [3.05, 3.63) is 118 Å². The molecule has 3 aromatic carbocycles. The number of hydrogen-bond donors (Lipinski definition) is 1. The number of ether oxygens (including phenoxy) is 1. The first-order chi connectivity index (χ1) is 16.0. The fourth-order valence-corrected chi connectivity index (χ4v) is 3.61. The number of carbonyl (C=O) groups is 1. The third kappa shape index (κ3) is 4.59. The molecule has 0 aliphatic carbocycles. The van der Waals surface area contributed by atoms with Crippen molar-refractivity contribution in [3.63, 3.8) is 0 Å². The van der Waals surface area contributed by atoms with Gasteiger partial charge >= 0.3 is 0 Å². The molecule has 0 saturated heterocycles. The molecule has 0 spiro atoms. The summed E-state index contributed by atoms with van der Waals surface area (Å²) in [5, 5.41) is 15.2. The molecular weight excluding hydrogens is 420 g/mol. The predicted molar refractivity (Wildman–Crippen MR) is 125 cm³/mol. The molecule has 1 unspecified atom stereocenters. The first kappa shape index (κ1) is 21.8. The van der Waals surface area contributed by atoms with Gasteiger partial charge in [0.05, 0.1) is 12.0 Å². The lowest BCUT2D eigenvalue weighted by molar-refractivity contribution is -0.384. The Labute approximate surface area is 190 Å². The van der Waals surface area contributed by atoms with Crippen molar-refractivity contribution in [1.29, 1.82) is 0 Å². The molecule has 0 fully saturated rings. The highest BCUT2D eigenvalue weighted by Gasteiger charge is 2.24. The van der Waals surface area contributed by atoms with Crippen LogP contribution in [0.3, 0.4) is 0 Å². The van der Waals surface area contributed by atoms with Crippen LogP contribution in [0.5, 0.6) is 5.75 Å². The zero-order valence-electron chi connectivity index (χ0n) is 18.1. The second kappa shape index (κ2) is 9.35. The summed E-state index contributed by atoms with van der Waals surface area (Å²) in [6.07, 6.45) is 3.48. The van der Waals surface area contributed by atoms with E-state index in [0.717, 1.165) is 5.56 Å². The van der Waals surface area contributed by atoms with E-state index in [4.69, 9.17) is 4.74 Å². The highest BCUT2D eigenvalue weighted by molar-refractivity contribution is 6.09. The second-order valence-corrected chi connectivity index (χ2v) is 7.43. The number of rotatable bonds is 8. The highest BCUT2D eigenvalue weighted by Crippen LogP contribution is 2.33. The molecule has 0 aliphatic heterocycles. The van der Waals surface area contributed by atoms with E-state index in [1.165, 1.54) is 6.07 Å². The molecule has 0 amide bonds. The Kier molecular flexibility index (Phi) is 6.17. The molecule has 4 aromatic rings. The van der Waals surface area contributed by atoms with Crippen molar-refractivity contribution in [2.45, 2.75) is 6.04 Å². The number of nitrogens with one attached hydrogen (secondary N) is 1. The average Bonchev–Trinajstić information content (AvgIpc) is 3.28. The molecule has 0 aliphatic rings. The standard InChI is InChI=1S/C25H22N4O4/c1-28-15-14-26-25(28)23(17-8-11-20(33-2)12-9-17)27-21-13-10-19(16-22(21)29(31)32)24(30)18-6-4-3-5-7-18/h3-16,23,27H,1-2H3. The van der Waals surface area contributed by atoms with E-state index in [-0.39, 0.29) is 22.7 Å². The van der Waals surface area contributed by atoms with Crippen LogP contribution in [0, 0.1) is 10.1 Å². The molecule has 8 nitrogen and oxygen atoms in total. The van der Waals surface area contributed by atoms with Crippen molar-refractivity contribution in [2.75, 3.05) is 12.4 Å². The van der Waals surface area contributed by atoms with Gasteiger partial charge in [-0.3, -0.25) is 14.9 Å². The number of ketones is 1. The summed E-state index contributed by atoms with van der Waals surface area (Å²) in [6.45, 7) is 0. The summed E-state index contributed by atoms with van der Waals surface area (Å²) in [5.74, 6) is 1.10. The molecule has 1 aromatic heterocycles. The molecule has 8 heteroatoms. The van der Waals surface area contributed by atoms with E-state index < -0.39 is 11.0 Å². The van der Waals surface area contributed by atoms with Crippen molar-refractivity contribution >= 4 is 17.2 Å². The van der Waals surface area contributed by atoms with Gasteiger partial charge in [-0.1, -0.05) is 42.5 Å². The first-order valence-electron chi connectivity index (χ1n) is 10.2. The molecule has 4 rings (SSSR count). The van der Waals surface area contributed by atoms with Crippen molar-refractivity contribution in [2.24, 2.45) is 7.05 Å². The maximum absolute atomic E-state index is 12.8. The smallest absolute Gasteiger partial charge is 0.293 e. The monoisotopic (exact) mass is 442 g/mol. The van der Waals surface area contributed by atoms with Crippen LogP contribution in [0.2, 0.25) is 0 Å². The van der Waals surface area contributed by atoms with Crippen LogP contribution in [-0.4, -0.2) is 27.4 Å². The van der Waals surface area contributed by atoms with Gasteiger partial charge in [0, 0.05) is 36.6 Å². The summed E-state index contributed by atoms with van der Waals surface area (Å²) >= 11 is 0. The number of anilines is 1. The zero-order chi connectivity index (χ0) is 23.4. The molecule has 0 saturated carbocycles. The average molecular weight is 442 g/mol. The maximum atomic E-state index is 12.8. The van der Waals surface area contributed by atoms with Gasteiger partial charge in [0.15, 0.2) is 5.78 Å². The van der Waals surface area contributed by atoms with E-state index in [1.807, 2.05) is 48.1 Å². The Hall–Kier alpha value is -4.46. The molecule has 0 radical (unpaired) electrons. The lowest BCUT2D eigenvalue weighted by atomic mass is 10.0. The van der Waals surface area contributed by atoms with Crippen LogP contribution in [0.15, 0.2) is 85.2 Å². The minimum absolute atomic E-state index is 0.190. The van der Waals surface area contributed by atoms with Gasteiger partial charge < -0.3 is 14.6 Å². The van der Waals surface area contributed by atoms with Crippen molar-refractivity contribution < 1.29 is 14.5 Å². The van der Waals surface area contributed by atoms with Gasteiger partial charge in [-0.2, -0.15) is 0 Å². The van der Waals surface area contributed by atoms with Crippen LogP contribution in [0.1, 0.15) is 33.4 Å². The summed E-state index contributed by atoms with van der Waals surface area (Å²) in [5.41, 5.74) is 1.66. The van der Waals surface area contributed by atoms with Gasteiger partial charge in [0.25, 0.3) is 5.69 Å². The van der Waals surface area contributed by atoms with Crippen LogP contribution in [0.25, 0.3) is 0 Å². The summed E-state index contributed by atoms with van der Waals surface area (Å²) < 4.78 is 7.09. The fraction of sp³-hybridized carbons (Fsp3) is 0.120. The van der Waals surface area contributed by atoms with Gasteiger partial charge in [0.2, 0.25) is 0 Å². The summed E-state index contributed by atoms with van der Waals surface area (Å²) in [6, 6.07) is 20.1. The number of nitrogens with zero attached hydrogens (tertiary/aromatic N) is 3. The second-order valence-electron chi connectivity index (χ2n) is 7.43. The zero-order valence-corrected chi connectivity index (χ0v) is 18.1. The summed E-state index contributed by atoms with van der Waals surface area (Å²) in [7, 11) is 3.45. The Balaban J connectivity index is 1.73. The number of nitro benzene ring substituents is 1. The topological polar surface area (TPSA) is 99.3 Å². The number of imidazole rings is 1. The summed E-state index contributed by atoms with van der Waals surface area (Å²) in [4.78, 5) is 28.6. The molecule has 1 atom stereocenters. The number of methoxy groups -OCH3 is 1. The lowest BCUT2D eigenvalue weighted by Crippen LogP contribution is -2.17. The van der Waals surface area contributed by atoms with Gasteiger partial charge in [-0.25, -0.2) is 4.98 Å². The van der Waals surface area contributed by atoms with Crippen LogP contribution in [0.4, 0.5) is 11.4 Å². The van der Waals surface area contributed by atoms with Gasteiger partial charge in [-0.05, 0) is 29.8 Å². The number of benzene rings is 3. The van der Waals surface area contributed by atoms with E-state index >= 15 is 0 Å². The number of aromatic nitrogens is 2. The molecule has 1 N–H and O–H groups in total. The molecular formula is C25H22N4O4. The Morgan fingerprint density at radius 2 is 1.79 bits per heavy atom. The Morgan fingerprint density at radius 3 is 2.39 bits per heavy atom. The molecule has 0 bridgehead atoms. The van der Waals surface area contributed by atoms with E-state index in [0.29, 0.717) is 17.1 Å². The minimum Gasteiger partial charge on any atom is -0.497 e. The lowest BCUT2D eigenvalue weighted by Gasteiger charge is -2.21. The SMILES string of the molecule is COc1ccc(C(Nc2ccc(C(=O)c3ccccc3)cc2[N+](=O)[O-])c2nccn2C)cc1. The number of carbonyl (C=O) groups excluding carboxylic acids is 1. The Morgan fingerprint density at radius 1 is 1.06 bits per heavy atom. The van der Waals surface area contributed by atoms with Crippen LogP contribution >= 0.6 is 0 Å². The van der Waals surface area contributed by atoms with Crippen LogP contribution < -0.4 is 10.1 Å². The number of nitro groups is 1. The maximum Gasteiger partial charge on any atom is 0.293 e. The molecule has 33 heavy (non-hydrogen) atoms. The normalized spacial score (nSPS) is 11.6. The quantitative estimate of drug-likeness (QED) is 0.240. The van der Waals surface area contributed by atoms with Gasteiger partial charge in [0.1, 0.15) is 23.3 Å². The van der Waals surface area contributed by atoms with Crippen molar-refractivity contribution in [3.8, 4) is 5.75 Å².